The highest BCUT2D eigenvalue weighted by Crippen LogP contribution is 2.31. The Hall–Kier alpha value is -1.03. The summed E-state index contributed by atoms with van der Waals surface area (Å²) >= 11 is 0. The van der Waals surface area contributed by atoms with Crippen LogP contribution >= 0.6 is 0 Å². The molecule has 0 amide bonds. The predicted octanol–water partition coefficient (Wildman–Crippen LogP) is -0.378. The first-order valence-electron chi connectivity index (χ1n) is 9.25. The fraction of sp³-hybridized carbons (Fsp3) is 0.667. The summed E-state index contributed by atoms with van der Waals surface area (Å²) in [5.74, 6) is 0. The molecule has 2 N–H and O–H groups in total. The highest BCUT2D eigenvalue weighted by atomic mass is 32.2. The molecule has 5 atom stereocenters. The zero-order valence-corrected chi connectivity index (χ0v) is 15.7. The number of piperidine rings is 1. The maximum atomic E-state index is 12.7. The molecule has 0 aliphatic carbocycles. The fourth-order valence-electron chi connectivity index (χ4n) is 4.24. The molecule has 3 aliphatic rings. The molecule has 4 rings (SSSR count). The lowest BCUT2D eigenvalue weighted by atomic mass is 9.94. The van der Waals surface area contributed by atoms with Gasteiger partial charge in [0.15, 0.2) is 12.4 Å². The molecule has 0 saturated carbocycles. The van der Waals surface area contributed by atoms with E-state index in [1.54, 1.807) is 12.1 Å². The standard InChI is InChI=1S/C18H25NO6S/c1-12-5-7-13(8-6-12)26(21,22)25-17-16(20)15(14-11-23-18(17)24-14)19-9-3-2-4-10-19/h5-8,14-18,20H,2-4,9-11H2,1H3/p+1/t14-,15-,16-,17+,18-/m1/s1. The van der Waals surface area contributed by atoms with E-state index in [0.717, 1.165) is 31.5 Å². The zero-order valence-electron chi connectivity index (χ0n) is 14.8. The van der Waals surface area contributed by atoms with Crippen LogP contribution in [0.3, 0.4) is 0 Å². The summed E-state index contributed by atoms with van der Waals surface area (Å²) in [6.07, 6.45) is 0.319. The largest absolute Gasteiger partial charge is 0.384 e. The monoisotopic (exact) mass is 384 g/mol. The molecule has 3 heterocycles. The van der Waals surface area contributed by atoms with Gasteiger partial charge in [-0.15, -0.1) is 0 Å². The quantitative estimate of drug-likeness (QED) is 0.689. The number of rotatable bonds is 4. The minimum Gasteiger partial charge on any atom is -0.384 e. The molecule has 3 aliphatic heterocycles. The van der Waals surface area contributed by atoms with Gasteiger partial charge in [-0.2, -0.15) is 8.42 Å². The van der Waals surface area contributed by atoms with Gasteiger partial charge in [0, 0.05) is 0 Å². The van der Waals surface area contributed by atoms with Gasteiger partial charge in [0.2, 0.25) is 0 Å². The van der Waals surface area contributed by atoms with Crippen molar-refractivity contribution in [1.82, 2.24) is 0 Å². The molecule has 0 unspecified atom stereocenters. The third-order valence-electron chi connectivity index (χ3n) is 5.62. The van der Waals surface area contributed by atoms with Gasteiger partial charge in [-0.1, -0.05) is 17.7 Å². The van der Waals surface area contributed by atoms with Gasteiger partial charge in [-0.3, -0.25) is 4.18 Å². The third kappa shape index (κ3) is 3.42. The van der Waals surface area contributed by atoms with Crippen molar-refractivity contribution < 1.29 is 32.1 Å². The summed E-state index contributed by atoms with van der Waals surface area (Å²) in [4.78, 5) is 1.32. The van der Waals surface area contributed by atoms with Gasteiger partial charge in [0.25, 0.3) is 10.1 Å². The Morgan fingerprint density at radius 3 is 2.54 bits per heavy atom. The topological polar surface area (TPSA) is 86.5 Å². The Labute approximate surface area is 154 Å². The number of benzene rings is 1. The van der Waals surface area contributed by atoms with Crippen LogP contribution in [-0.2, 0) is 23.8 Å². The van der Waals surface area contributed by atoms with Crippen LogP contribution in [0.25, 0.3) is 0 Å². The lowest BCUT2D eigenvalue weighted by Crippen LogP contribution is -3.19. The van der Waals surface area contributed by atoms with Gasteiger partial charge >= 0.3 is 0 Å². The van der Waals surface area contributed by atoms with Gasteiger partial charge in [-0.05, 0) is 38.3 Å². The minimum atomic E-state index is -4.02. The van der Waals surface area contributed by atoms with E-state index in [1.807, 2.05) is 6.92 Å². The molecule has 2 bridgehead atoms. The number of aryl methyl sites for hydroxylation is 1. The number of aliphatic hydroxyl groups excluding tert-OH is 1. The van der Waals surface area contributed by atoms with Crippen molar-refractivity contribution in [2.45, 2.75) is 61.7 Å². The summed E-state index contributed by atoms with van der Waals surface area (Å²) in [6.45, 7) is 4.14. The number of nitrogens with one attached hydrogen (secondary N) is 1. The van der Waals surface area contributed by atoms with E-state index in [-0.39, 0.29) is 17.0 Å². The van der Waals surface area contributed by atoms with Crippen molar-refractivity contribution in [2.75, 3.05) is 19.7 Å². The third-order valence-corrected chi connectivity index (χ3v) is 6.95. The van der Waals surface area contributed by atoms with Crippen LogP contribution in [0.4, 0.5) is 0 Å². The summed E-state index contributed by atoms with van der Waals surface area (Å²) in [5, 5.41) is 10.9. The fourth-order valence-corrected chi connectivity index (χ4v) is 5.32. The number of aliphatic hydroxyl groups is 1. The van der Waals surface area contributed by atoms with Crippen molar-refractivity contribution in [3.8, 4) is 0 Å². The van der Waals surface area contributed by atoms with E-state index in [1.165, 1.54) is 23.5 Å². The molecule has 3 fully saturated rings. The second-order valence-electron chi connectivity index (χ2n) is 7.44. The Morgan fingerprint density at radius 2 is 1.85 bits per heavy atom. The number of likely N-dealkylation sites (tertiary alicyclic amines) is 1. The smallest absolute Gasteiger partial charge is 0.297 e. The van der Waals surface area contributed by atoms with Crippen molar-refractivity contribution in [3.63, 3.8) is 0 Å². The Kier molecular flexibility index (Phi) is 5.06. The van der Waals surface area contributed by atoms with Crippen molar-refractivity contribution in [2.24, 2.45) is 0 Å². The second kappa shape index (κ2) is 7.18. The SMILES string of the molecule is Cc1ccc(S(=O)(=O)O[C@@H]2[C@@H]3OC[C@@H](O3)[C@@H]([NH+]3CCCCC3)[C@H]2O)cc1. The molecule has 26 heavy (non-hydrogen) atoms. The normalized spacial score (nSPS) is 35.5. The van der Waals surface area contributed by atoms with Crippen LogP contribution in [0.2, 0.25) is 0 Å². The molecule has 0 radical (unpaired) electrons. The molecule has 0 spiro atoms. The van der Waals surface area contributed by atoms with E-state index in [9.17, 15) is 13.5 Å². The highest BCUT2D eigenvalue weighted by molar-refractivity contribution is 7.86. The highest BCUT2D eigenvalue weighted by Gasteiger charge is 2.56. The van der Waals surface area contributed by atoms with Gasteiger partial charge in [-0.25, -0.2) is 0 Å². The summed E-state index contributed by atoms with van der Waals surface area (Å²) < 4.78 is 42.2. The van der Waals surface area contributed by atoms with Gasteiger partial charge in [0.1, 0.15) is 18.2 Å². The molecule has 3 saturated heterocycles. The average Bonchev–Trinajstić information content (AvgIpc) is 3.06. The van der Waals surface area contributed by atoms with Crippen LogP contribution in [-0.4, -0.2) is 63.9 Å². The molecular weight excluding hydrogens is 358 g/mol. The number of quaternary nitrogens is 1. The second-order valence-corrected chi connectivity index (χ2v) is 9.01. The van der Waals surface area contributed by atoms with Crippen molar-refractivity contribution >= 4 is 10.1 Å². The molecule has 7 nitrogen and oxygen atoms in total. The number of hydrogen-bond acceptors (Lipinski definition) is 6. The van der Waals surface area contributed by atoms with Crippen LogP contribution in [0.5, 0.6) is 0 Å². The predicted molar refractivity (Wildman–Crippen MR) is 92.2 cm³/mol. The molecule has 1 aromatic rings. The zero-order chi connectivity index (χ0) is 18.3. The lowest BCUT2D eigenvalue weighted by Gasteiger charge is -2.41. The van der Waals surface area contributed by atoms with E-state index in [0.29, 0.717) is 6.61 Å². The molecule has 8 heteroatoms. The molecular formula is C18H26NO6S+. The summed E-state index contributed by atoms with van der Waals surface area (Å²) in [7, 11) is -4.02. The Balaban J connectivity index is 1.56. The van der Waals surface area contributed by atoms with Crippen LogP contribution < -0.4 is 4.90 Å². The summed E-state index contributed by atoms with van der Waals surface area (Å²) in [5.41, 5.74) is 0.959. The number of hydrogen-bond donors (Lipinski definition) is 2. The van der Waals surface area contributed by atoms with Gasteiger partial charge < -0.3 is 19.5 Å². The van der Waals surface area contributed by atoms with Gasteiger partial charge in [0.05, 0.1) is 24.6 Å². The Bertz CT molecular complexity index is 731. The number of ether oxygens (including phenoxy) is 2. The maximum Gasteiger partial charge on any atom is 0.297 e. The first-order valence-corrected chi connectivity index (χ1v) is 10.7. The van der Waals surface area contributed by atoms with Crippen LogP contribution in [0.1, 0.15) is 24.8 Å². The van der Waals surface area contributed by atoms with E-state index >= 15 is 0 Å². The average molecular weight is 384 g/mol. The van der Waals surface area contributed by atoms with Crippen LogP contribution in [0.15, 0.2) is 29.2 Å². The Morgan fingerprint density at radius 1 is 1.15 bits per heavy atom. The summed E-state index contributed by atoms with van der Waals surface area (Å²) in [6, 6.07) is 6.21. The van der Waals surface area contributed by atoms with Crippen molar-refractivity contribution in [3.05, 3.63) is 29.8 Å². The van der Waals surface area contributed by atoms with Crippen molar-refractivity contribution in [1.29, 1.82) is 0 Å². The molecule has 1 aromatic carbocycles. The first-order chi connectivity index (χ1) is 12.5. The molecule has 0 aromatic heterocycles. The molecule has 144 valence electrons. The lowest BCUT2D eigenvalue weighted by molar-refractivity contribution is -0.938. The van der Waals surface area contributed by atoms with E-state index in [2.05, 4.69) is 0 Å². The first kappa shape index (κ1) is 18.3. The van der Waals surface area contributed by atoms with Crippen LogP contribution in [0, 0.1) is 6.92 Å². The number of fused-ring (bicyclic) bond motifs is 2. The maximum absolute atomic E-state index is 12.7. The van der Waals surface area contributed by atoms with E-state index < -0.39 is 28.6 Å². The van der Waals surface area contributed by atoms with E-state index in [4.69, 9.17) is 13.7 Å². The minimum absolute atomic E-state index is 0.0669.